The number of carboxylic acids is 1. The first-order valence-electron chi connectivity index (χ1n) is 7.71. The molecule has 0 bridgehead atoms. The lowest BCUT2D eigenvalue weighted by molar-refractivity contribution is -0.385. The summed E-state index contributed by atoms with van der Waals surface area (Å²) in [5.74, 6) is -1.13. The number of amides is 1. The zero-order valence-electron chi connectivity index (χ0n) is 14.4. The number of hydrogen-bond acceptors (Lipinski definition) is 5. The van der Waals surface area contributed by atoms with Crippen molar-refractivity contribution in [3.63, 3.8) is 0 Å². The Morgan fingerprint density at radius 3 is 2.60 bits per heavy atom. The van der Waals surface area contributed by atoms with Crippen LogP contribution in [-0.2, 0) is 16.0 Å². The molecule has 0 aliphatic rings. The van der Waals surface area contributed by atoms with E-state index in [9.17, 15) is 19.7 Å². The molecule has 1 amide bonds. The predicted octanol–water partition coefficient (Wildman–Crippen LogP) is 3.15. The van der Waals surface area contributed by atoms with Crippen molar-refractivity contribution < 1.29 is 24.4 Å². The Morgan fingerprint density at radius 2 is 2.04 bits per heavy atom. The van der Waals surface area contributed by atoms with E-state index in [-0.39, 0.29) is 11.3 Å². The molecule has 8 heteroatoms. The molecule has 0 fully saturated rings. The number of nitrogens with zero attached hydrogens (tertiary/aromatic N) is 1. The average molecular weight is 350 g/mol. The molecule has 1 rings (SSSR count). The van der Waals surface area contributed by atoms with Crippen LogP contribution >= 0.6 is 0 Å². The van der Waals surface area contributed by atoms with Crippen molar-refractivity contribution in [3.8, 4) is 0 Å². The van der Waals surface area contributed by atoms with Gasteiger partial charge in [0.2, 0.25) is 0 Å². The standard InChI is InChI=1S/C17H22N2O6/c1-17(2,3)25-16(22)18-9-5-4-6-12-7-8-13(11-15(20)21)14(10-12)19(23)24/h4,6-8,10H,5,9,11H2,1-3H3,(H,18,22)(H,20,21). The molecule has 136 valence electrons. The van der Waals surface area contributed by atoms with Crippen LogP contribution in [0, 0.1) is 10.1 Å². The summed E-state index contributed by atoms with van der Waals surface area (Å²) >= 11 is 0. The van der Waals surface area contributed by atoms with Gasteiger partial charge in [-0.3, -0.25) is 14.9 Å². The quantitative estimate of drug-likeness (QED) is 0.443. The largest absolute Gasteiger partial charge is 0.481 e. The molecule has 0 radical (unpaired) electrons. The average Bonchev–Trinajstić information content (AvgIpc) is 2.45. The number of hydrogen-bond donors (Lipinski definition) is 2. The number of carbonyl (C=O) groups excluding carboxylic acids is 1. The lowest BCUT2D eigenvalue weighted by Gasteiger charge is -2.19. The Kier molecular flexibility index (Phi) is 7.10. The highest BCUT2D eigenvalue weighted by Crippen LogP contribution is 2.22. The van der Waals surface area contributed by atoms with Gasteiger partial charge in [0.05, 0.1) is 11.3 Å². The van der Waals surface area contributed by atoms with Crippen LogP contribution in [0.25, 0.3) is 6.08 Å². The minimum atomic E-state index is -1.13. The van der Waals surface area contributed by atoms with E-state index in [2.05, 4.69) is 5.32 Å². The first kappa shape index (κ1) is 20.1. The molecule has 1 aromatic rings. The first-order valence-corrected chi connectivity index (χ1v) is 7.71. The van der Waals surface area contributed by atoms with Crippen LogP contribution < -0.4 is 5.32 Å². The number of ether oxygens (including phenoxy) is 1. The minimum absolute atomic E-state index is 0.154. The van der Waals surface area contributed by atoms with E-state index in [1.54, 1.807) is 39.0 Å². The molecule has 25 heavy (non-hydrogen) atoms. The van der Waals surface area contributed by atoms with Gasteiger partial charge in [0.1, 0.15) is 5.60 Å². The first-order chi connectivity index (χ1) is 11.6. The molecule has 0 saturated heterocycles. The van der Waals surface area contributed by atoms with Gasteiger partial charge < -0.3 is 15.2 Å². The highest BCUT2D eigenvalue weighted by Gasteiger charge is 2.16. The normalized spacial score (nSPS) is 11.3. The number of benzene rings is 1. The molecule has 0 atom stereocenters. The van der Waals surface area contributed by atoms with E-state index in [0.717, 1.165) is 0 Å². The van der Waals surface area contributed by atoms with Gasteiger partial charge in [-0.2, -0.15) is 0 Å². The molecule has 0 aromatic heterocycles. The van der Waals surface area contributed by atoms with Gasteiger partial charge >= 0.3 is 12.1 Å². The second-order valence-corrected chi connectivity index (χ2v) is 6.34. The molecule has 0 saturated carbocycles. The van der Waals surface area contributed by atoms with E-state index in [4.69, 9.17) is 9.84 Å². The summed E-state index contributed by atoms with van der Waals surface area (Å²) in [6.45, 7) is 5.68. The van der Waals surface area contributed by atoms with Crippen LogP contribution in [0.4, 0.5) is 10.5 Å². The SMILES string of the molecule is CC(C)(C)OC(=O)NCCC=Cc1ccc(CC(=O)O)c([N+](=O)[O-])c1. The van der Waals surface area contributed by atoms with Crippen molar-refractivity contribution >= 4 is 23.8 Å². The lowest BCUT2D eigenvalue weighted by atomic mass is 10.1. The van der Waals surface area contributed by atoms with E-state index in [0.29, 0.717) is 18.5 Å². The maximum absolute atomic E-state index is 11.5. The molecule has 0 aliphatic heterocycles. The molecule has 0 spiro atoms. The second kappa shape index (κ2) is 8.81. The van der Waals surface area contributed by atoms with Crippen molar-refractivity contribution in [1.82, 2.24) is 5.32 Å². The summed E-state index contributed by atoms with van der Waals surface area (Å²) in [6, 6.07) is 4.38. The minimum Gasteiger partial charge on any atom is -0.481 e. The van der Waals surface area contributed by atoms with Gasteiger partial charge in [0.25, 0.3) is 5.69 Å². The maximum Gasteiger partial charge on any atom is 0.407 e. The highest BCUT2D eigenvalue weighted by molar-refractivity contribution is 5.72. The van der Waals surface area contributed by atoms with Crippen LogP contribution in [-0.4, -0.2) is 34.2 Å². The molecule has 0 heterocycles. The highest BCUT2D eigenvalue weighted by atomic mass is 16.6. The lowest BCUT2D eigenvalue weighted by Crippen LogP contribution is -2.32. The molecule has 1 aromatic carbocycles. The topological polar surface area (TPSA) is 119 Å². The molecule has 0 aliphatic carbocycles. The smallest absolute Gasteiger partial charge is 0.407 e. The number of nitrogens with one attached hydrogen (secondary N) is 1. The van der Waals surface area contributed by atoms with Gasteiger partial charge in [-0.25, -0.2) is 4.79 Å². The van der Waals surface area contributed by atoms with Crippen LogP contribution in [0.2, 0.25) is 0 Å². The van der Waals surface area contributed by atoms with Crippen molar-refractivity contribution in [1.29, 1.82) is 0 Å². The fourth-order valence-electron chi connectivity index (χ4n) is 1.96. The third-order valence-corrected chi connectivity index (χ3v) is 2.94. The molecule has 2 N–H and O–H groups in total. The van der Waals surface area contributed by atoms with Gasteiger partial charge in [-0.05, 0) is 32.8 Å². The maximum atomic E-state index is 11.5. The van der Waals surface area contributed by atoms with Crippen LogP contribution in [0.3, 0.4) is 0 Å². The molecule has 8 nitrogen and oxygen atoms in total. The molecular formula is C17H22N2O6. The number of nitro benzene ring substituents is 1. The van der Waals surface area contributed by atoms with E-state index >= 15 is 0 Å². The predicted molar refractivity (Wildman–Crippen MR) is 92.3 cm³/mol. The summed E-state index contributed by atoms with van der Waals surface area (Å²) in [5, 5.41) is 22.4. The number of carboxylic acid groups (broad SMARTS) is 1. The van der Waals surface area contributed by atoms with E-state index in [1.807, 2.05) is 0 Å². The van der Waals surface area contributed by atoms with Gasteiger partial charge in [-0.15, -0.1) is 0 Å². The number of alkyl carbamates (subject to hydrolysis) is 1. The summed E-state index contributed by atoms with van der Waals surface area (Å²) in [5.41, 5.74) is -0.0490. The van der Waals surface area contributed by atoms with Crippen molar-refractivity contribution in [3.05, 3.63) is 45.5 Å². The van der Waals surface area contributed by atoms with Crippen molar-refractivity contribution in [2.45, 2.75) is 39.2 Å². The fraction of sp³-hybridized carbons (Fsp3) is 0.412. The Bertz CT molecular complexity index is 676. The van der Waals surface area contributed by atoms with Crippen molar-refractivity contribution in [2.24, 2.45) is 0 Å². The number of nitro groups is 1. The van der Waals surface area contributed by atoms with Gasteiger partial charge in [0, 0.05) is 18.2 Å². The summed E-state index contributed by atoms with van der Waals surface area (Å²) in [4.78, 5) is 32.6. The van der Waals surface area contributed by atoms with Crippen LogP contribution in [0.15, 0.2) is 24.3 Å². The third-order valence-electron chi connectivity index (χ3n) is 2.94. The van der Waals surface area contributed by atoms with Crippen LogP contribution in [0.5, 0.6) is 0 Å². The van der Waals surface area contributed by atoms with E-state index < -0.39 is 29.0 Å². The Morgan fingerprint density at radius 1 is 1.36 bits per heavy atom. The van der Waals surface area contributed by atoms with Gasteiger partial charge in [-0.1, -0.05) is 24.3 Å². The third kappa shape index (κ3) is 7.96. The van der Waals surface area contributed by atoms with Gasteiger partial charge in [0.15, 0.2) is 0 Å². The fourth-order valence-corrected chi connectivity index (χ4v) is 1.96. The summed E-state index contributed by atoms with van der Waals surface area (Å²) < 4.78 is 5.09. The monoisotopic (exact) mass is 350 g/mol. The Labute approximate surface area is 145 Å². The van der Waals surface area contributed by atoms with Crippen LogP contribution in [0.1, 0.15) is 38.3 Å². The Balaban J connectivity index is 2.60. The summed E-state index contributed by atoms with van der Waals surface area (Å²) in [7, 11) is 0. The number of rotatable bonds is 7. The zero-order valence-corrected chi connectivity index (χ0v) is 14.4. The number of aliphatic carboxylic acids is 1. The molecule has 0 unspecified atom stereocenters. The summed E-state index contributed by atoms with van der Waals surface area (Å²) in [6.07, 6.45) is 3.04. The second-order valence-electron chi connectivity index (χ2n) is 6.34. The number of carbonyl (C=O) groups is 2. The van der Waals surface area contributed by atoms with E-state index in [1.165, 1.54) is 12.1 Å². The Hall–Kier alpha value is -2.90. The van der Waals surface area contributed by atoms with Crippen molar-refractivity contribution in [2.75, 3.05) is 6.54 Å². The molecular weight excluding hydrogens is 328 g/mol. The zero-order chi connectivity index (χ0) is 19.0.